The van der Waals surface area contributed by atoms with Crippen LogP contribution in [0, 0.1) is 0 Å². The first kappa shape index (κ1) is 30.9. The summed E-state index contributed by atoms with van der Waals surface area (Å²) in [5.74, 6) is -0.718. The van der Waals surface area contributed by atoms with Gasteiger partial charge in [-0.2, -0.15) is 4.98 Å². The lowest BCUT2D eigenvalue weighted by Gasteiger charge is -2.17. The van der Waals surface area contributed by atoms with Crippen molar-refractivity contribution in [1.82, 2.24) is 9.55 Å². The molecule has 11 nitrogen and oxygen atoms in total. The lowest BCUT2D eigenvalue weighted by molar-refractivity contribution is -0.143. The van der Waals surface area contributed by atoms with Crippen molar-refractivity contribution in [2.24, 2.45) is 0 Å². The average Bonchev–Trinajstić information content (AvgIpc) is 3.16. The quantitative estimate of drug-likeness (QED) is 0.167. The molecule has 1 aromatic heterocycles. The summed E-state index contributed by atoms with van der Waals surface area (Å²) in [6, 6.07) is 1.36. The number of aliphatic hydroxyl groups excluding tert-OH is 3. The lowest BCUT2D eigenvalue weighted by atomic mass is 10.1. The summed E-state index contributed by atoms with van der Waals surface area (Å²) in [5.41, 5.74) is -0.803. The van der Waals surface area contributed by atoms with Crippen molar-refractivity contribution >= 4 is 17.7 Å². The number of carbonyl (C=O) groups excluding carboxylic acids is 2. The van der Waals surface area contributed by atoms with Crippen LogP contribution in [0.4, 0.5) is 5.82 Å². The maximum Gasteiger partial charge on any atom is 0.351 e. The molecule has 11 heteroatoms. The first-order valence-corrected chi connectivity index (χ1v) is 13.5. The smallest absolute Gasteiger partial charge is 0.351 e. The zero-order valence-electron chi connectivity index (χ0n) is 21.8. The molecule has 4 N–H and O–H groups in total. The topological polar surface area (TPSA) is 160 Å². The number of rotatable bonds is 18. The minimum absolute atomic E-state index is 0.0153. The number of carbonyl (C=O) groups is 2. The fourth-order valence-corrected chi connectivity index (χ4v) is 4.23. The van der Waals surface area contributed by atoms with Gasteiger partial charge in [0.05, 0.1) is 13.2 Å². The molecule has 0 spiro atoms. The third kappa shape index (κ3) is 10.9. The van der Waals surface area contributed by atoms with Crippen molar-refractivity contribution in [3.05, 3.63) is 22.7 Å². The fourth-order valence-electron chi connectivity index (χ4n) is 4.23. The van der Waals surface area contributed by atoms with Crippen LogP contribution in [0.15, 0.2) is 17.1 Å². The van der Waals surface area contributed by atoms with Crippen LogP contribution in [0.1, 0.15) is 96.6 Å². The van der Waals surface area contributed by atoms with E-state index in [1.807, 2.05) is 0 Å². The fraction of sp³-hybridized carbons (Fsp3) is 0.769. The van der Waals surface area contributed by atoms with Crippen molar-refractivity contribution in [2.75, 3.05) is 18.5 Å². The van der Waals surface area contributed by atoms with Crippen molar-refractivity contribution in [3.8, 4) is 0 Å². The molecule has 4 atom stereocenters. The Hall–Kier alpha value is -2.34. The Bertz CT molecular complexity index is 878. The SMILES string of the molecule is CCCCCCCCCCCCOC(=O)CCCC(=O)Nc1ccn([C@@H]2O[C@H](CO)[C@@H](O)[C@@H]2O)c(=O)n1. The van der Waals surface area contributed by atoms with E-state index in [1.54, 1.807) is 0 Å². The molecule has 2 rings (SSSR count). The molecule has 0 aromatic carbocycles. The third-order valence-corrected chi connectivity index (χ3v) is 6.43. The van der Waals surface area contributed by atoms with Gasteiger partial charge >= 0.3 is 11.7 Å². The Kier molecular flexibility index (Phi) is 14.4. The highest BCUT2D eigenvalue weighted by molar-refractivity contribution is 5.89. The van der Waals surface area contributed by atoms with Gasteiger partial charge in [0.1, 0.15) is 24.1 Å². The molecule has 0 unspecified atom stereocenters. The van der Waals surface area contributed by atoms with E-state index in [4.69, 9.17) is 9.47 Å². The zero-order chi connectivity index (χ0) is 27.0. The predicted octanol–water partition coefficient (Wildman–Crippen LogP) is 2.43. The summed E-state index contributed by atoms with van der Waals surface area (Å²) in [6.45, 7) is 2.10. The molecule has 1 aromatic rings. The maximum atomic E-state index is 12.3. The van der Waals surface area contributed by atoms with Crippen molar-refractivity contribution in [3.63, 3.8) is 0 Å². The number of amides is 1. The number of nitrogens with one attached hydrogen (secondary N) is 1. The Morgan fingerprint density at radius 3 is 2.24 bits per heavy atom. The zero-order valence-corrected chi connectivity index (χ0v) is 21.8. The van der Waals surface area contributed by atoms with Crippen LogP contribution in [0.5, 0.6) is 0 Å². The van der Waals surface area contributed by atoms with Gasteiger partial charge in [0.15, 0.2) is 6.23 Å². The van der Waals surface area contributed by atoms with Gasteiger partial charge in [-0.05, 0) is 18.9 Å². The van der Waals surface area contributed by atoms with Gasteiger partial charge in [0.25, 0.3) is 0 Å². The summed E-state index contributed by atoms with van der Waals surface area (Å²) >= 11 is 0. The molecule has 37 heavy (non-hydrogen) atoms. The van der Waals surface area contributed by atoms with E-state index in [-0.39, 0.29) is 24.6 Å². The van der Waals surface area contributed by atoms with Crippen LogP contribution in [-0.4, -0.2) is 68.3 Å². The van der Waals surface area contributed by atoms with Crippen molar-refractivity contribution in [1.29, 1.82) is 0 Å². The minimum atomic E-state index is -1.41. The molecule has 0 radical (unpaired) electrons. The summed E-state index contributed by atoms with van der Waals surface area (Å²) in [5, 5.41) is 31.6. The van der Waals surface area contributed by atoms with Crippen LogP contribution >= 0.6 is 0 Å². The van der Waals surface area contributed by atoms with Gasteiger partial charge < -0.3 is 30.1 Å². The van der Waals surface area contributed by atoms with E-state index in [9.17, 15) is 29.7 Å². The normalized spacial score (nSPS) is 21.2. The van der Waals surface area contributed by atoms with Crippen molar-refractivity contribution < 1.29 is 34.4 Å². The summed E-state index contributed by atoms with van der Waals surface area (Å²) in [4.78, 5) is 40.1. The standard InChI is InChI=1S/C26H43N3O8/c1-2-3-4-5-6-7-8-9-10-11-17-36-22(32)14-12-13-21(31)27-20-15-16-29(26(35)28-20)25-24(34)23(33)19(18-30)37-25/h15-16,19,23-25,30,33-34H,2-14,17-18H2,1H3,(H,27,28,31,35)/t19-,23-,24+,25-/m1/s1. The lowest BCUT2D eigenvalue weighted by Crippen LogP contribution is -2.36. The van der Waals surface area contributed by atoms with E-state index in [0.29, 0.717) is 13.0 Å². The number of ether oxygens (including phenoxy) is 2. The number of nitrogens with zero attached hydrogens (tertiary/aromatic N) is 2. The number of hydrogen-bond acceptors (Lipinski definition) is 9. The number of hydrogen-bond donors (Lipinski definition) is 4. The van der Waals surface area contributed by atoms with Gasteiger partial charge in [-0.25, -0.2) is 4.79 Å². The number of anilines is 1. The molecule has 0 saturated carbocycles. The summed E-state index contributed by atoms with van der Waals surface area (Å²) in [7, 11) is 0. The Balaban J connectivity index is 1.57. The second kappa shape index (κ2) is 17.2. The van der Waals surface area contributed by atoms with Crippen LogP contribution < -0.4 is 11.0 Å². The highest BCUT2D eigenvalue weighted by atomic mass is 16.6. The number of esters is 1. The van der Waals surface area contributed by atoms with Gasteiger partial charge in [-0.1, -0.05) is 64.7 Å². The van der Waals surface area contributed by atoms with Gasteiger partial charge in [0.2, 0.25) is 5.91 Å². The van der Waals surface area contributed by atoms with Crippen molar-refractivity contribution in [2.45, 2.75) is 115 Å². The largest absolute Gasteiger partial charge is 0.466 e. The highest BCUT2D eigenvalue weighted by Gasteiger charge is 2.43. The van der Waals surface area contributed by atoms with Gasteiger partial charge in [-0.15, -0.1) is 0 Å². The molecule has 1 aliphatic heterocycles. The molecule has 210 valence electrons. The molecule has 1 fully saturated rings. The summed E-state index contributed by atoms with van der Waals surface area (Å²) in [6.07, 6.45) is 8.89. The second-order valence-corrected chi connectivity index (χ2v) is 9.54. The van der Waals surface area contributed by atoms with Gasteiger partial charge in [0, 0.05) is 19.0 Å². The minimum Gasteiger partial charge on any atom is -0.466 e. The van der Waals surface area contributed by atoms with Crippen LogP contribution in [0.3, 0.4) is 0 Å². The summed E-state index contributed by atoms with van der Waals surface area (Å²) < 4.78 is 11.5. The molecular weight excluding hydrogens is 482 g/mol. The Morgan fingerprint density at radius 1 is 1.00 bits per heavy atom. The average molecular weight is 526 g/mol. The highest BCUT2D eigenvalue weighted by Crippen LogP contribution is 2.28. The number of unbranched alkanes of at least 4 members (excludes halogenated alkanes) is 9. The molecular formula is C26H43N3O8. The van der Waals surface area contributed by atoms with E-state index in [1.165, 1.54) is 57.2 Å². The van der Waals surface area contributed by atoms with Crippen LogP contribution in [0.25, 0.3) is 0 Å². The van der Waals surface area contributed by atoms with E-state index in [2.05, 4.69) is 17.2 Å². The Morgan fingerprint density at radius 2 is 1.65 bits per heavy atom. The molecule has 1 amide bonds. The monoisotopic (exact) mass is 525 g/mol. The van der Waals surface area contributed by atoms with E-state index < -0.39 is 42.7 Å². The van der Waals surface area contributed by atoms with Crippen LogP contribution in [-0.2, 0) is 19.1 Å². The van der Waals surface area contributed by atoms with E-state index in [0.717, 1.165) is 23.8 Å². The third-order valence-electron chi connectivity index (χ3n) is 6.43. The first-order valence-electron chi connectivity index (χ1n) is 13.5. The maximum absolute atomic E-state index is 12.3. The second-order valence-electron chi connectivity index (χ2n) is 9.54. The molecule has 0 aliphatic carbocycles. The molecule has 0 bridgehead atoms. The number of aliphatic hydroxyl groups is 3. The Labute approximate surface area is 218 Å². The molecule has 1 aliphatic rings. The van der Waals surface area contributed by atoms with Crippen LogP contribution in [0.2, 0.25) is 0 Å². The predicted molar refractivity (Wildman–Crippen MR) is 137 cm³/mol. The molecule has 2 heterocycles. The molecule has 1 saturated heterocycles. The van der Waals surface area contributed by atoms with E-state index >= 15 is 0 Å². The number of aromatic nitrogens is 2. The first-order chi connectivity index (χ1) is 17.9. The van der Waals surface area contributed by atoms with Gasteiger partial charge in [-0.3, -0.25) is 14.2 Å².